The lowest BCUT2D eigenvalue weighted by atomic mass is 10.2. The molecule has 0 spiro atoms. The van der Waals surface area contributed by atoms with Crippen molar-refractivity contribution in [1.29, 1.82) is 0 Å². The summed E-state index contributed by atoms with van der Waals surface area (Å²) < 4.78 is 0.746. The fraction of sp³-hybridized carbons (Fsp3) is 0.200. The zero-order chi connectivity index (χ0) is 19.3. The van der Waals surface area contributed by atoms with E-state index in [4.69, 9.17) is 0 Å². The van der Waals surface area contributed by atoms with Gasteiger partial charge in [-0.3, -0.25) is 4.79 Å². The normalized spacial score (nSPS) is 14.0. The van der Waals surface area contributed by atoms with Gasteiger partial charge < -0.3 is 15.1 Å². The van der Waals surface area contributed by atoms with Gasteiger partial charge in [-0.2, -0.15) is 0 Å². The molecule has 142 valence electrons. The topological polar surface area (TPSA) is 74.2 Å². The van der Waals surface area contributed by atoms with Crippen LogP contribution in [0.15, 0.2) is 65.5 Å². The SMILES string of the molecule is O=C(Nc1cnc(N2CCN(c3ccccn3)CC2)nc1)c1ccccc1Br. The number of aromatic nitrogens is 3. The molecule has 1 aliphatic rings. The highest BCUT2D eigenvalue weighted by atomic mass is 79.9. The van der Waals surface area contributed by atoms with Crippen molar-refractivity contribution in [3.05, 3.63) is 71.1 Å². The molecule has 7 nitrogen and oxygen atoms in total. The Balaban J connectivity index is 1.36. The van der Waals surface area contributed by atoms with Gasteiger partial charge in [0.1, 0.15) is 5.82 Å². The predicted octanol–water partition coefficient (Wildman–Crippen LogP) is 3.21. The van der Waals surface area contributed by atoms with E-state index >= 15 is 0 Å². The maximum Gasteiger partial charge on any atom is 0.256 e. The van der Waals surface area contributed by atoms with Crippen LogP contribution in [-0.2, 0) is 0 Å². The second-order valence-corrected chi connectivity index (χ2v) is 7.22. The molecular formula is C20H19BrN6O. The van der Waals surface area contributed by atoms with Crippen LogP contribution in [0.25, 0.3) is 0 Å². The highest BCUT2D eigenvalue weighted by Gasteiger charge is 2.20. The quantitative estimate of drug-likeness (QED) is 0.673. The number of rotatable bonds is 4. The van der Waals surface area contributed by atoms with E-state index in [1.165, 1.54) is 0 Å². The number of nitrogens with one attached hydrogen (secondary N) is 1. The number of piperazine rings is 1. The average Bonchev–Trinajstić information content (AvgIpc) is 2.75. The molecule has 1 fully saturated rings. The van der Waals surface area contributed by atoms with Gasteiger partial charge in [0.25, 0.3) is 5.91 Å². The van der Waals surface area contributed by atoms with Gasteiger partial charge in [-0.1, -0.05) is 18.2 Å². The molecule has 1 amide bonds. The number of carbonyl (C=O) groups is 1. The number of nitrogens with zero attached hydrogens (tertiary/aromatic N) is 5. The van der Waals surface area contributed by atoms with Crippen molar-refractivity contribution in [3.8, 4) is 0 Å². The van der Waals surface area contributed by atoms with Gasteiger partial charge in [0, 0.05) is 36.8 Å². The summed E-state index contributed by atoms with van der Waals surface area (Å²) in [7, 11) is 0. The first-order valence-electron chi connectivity index (χ1n) is 8.99. The maximum atomic E-state index is 12.4. The van der Waals surface area contributed by atoms with Crippen LogP contribution in [0.1, 0.15) is 10.4 Å². The Morgan fingerprint density at radius 2 is 1.57 bits per heavy atom. The summed E-state index contributed by atoms with van der Waals surface area (Å²) in [6, 6.07) is 13.2. The van der Waals surface area contributed by atoms with E-state index in [1.807, 2.05) is 42.6 Å². The number of hydrogen-bond donors (Lipinski definition) is 1. The highest BCUT2D eigenvalue weighted by Crippen LogP contribution is 2.19. The van der Waals surface area contributed by atoms with Gasteiger partial charge in [-0.25, -0.2) is 15.0 Å². The summed E-state index contributed by atoms with van der Waals surface area (Å²) in [6.07, 6.45) is 5.09. The molecule has 3 heterocycles. The summed E-state index contributed by atoms with van der Waals surface area (Å²) in [5.74, 6) is 1.46. The summed E-state index contributed by atoms with van der Waals surface area (Å²) in [5.41, 5.74) is 1.13. The highest BCUT2D eigenvalue weighted by molar-refractivity contribution is 9.10. The van der Waals surface area contributed by atoms with Crippen LogP contribution >= 0.6 is 15.9 Å². The van der Waals surface area contributed by atoms with E-state index in [2.05, 4.69) is 46.0 Å². The Labute approximate surface area is 171 Å². The molecule has 1 aliphatic heterocycles. The predicted molar refractivity (Wildman–Crippen MR) is 113 cm³/mol. The Morgan fingerprint density at radius 1 is 0.893 bits per heavy atom. The molecule has 0 bridgehead atoms. The molecule has 0 aliphatic carbocycles. The lowest BCUT2D eigenvalue weighted by molar-refractivity contribution is 0.102. The molecule has 0 atom stereocenters. The number of anilines is 3. The Kier molecular flexibility index (Phi) is 5.48. The Hall–Kier alpha value is -3.00. The van der Waals surface area contributed by atoms with Crippen LogP contribution in [0.5, 0.6) is 0 Å². The van der Waals surface area contributed by atoms with Crippen molar-refractivity contribution in [2.45, 2.75) is 0 Å². The number of carbonyl (C=O) groups excluding carboxylic acids is 1. The van der Waals surface area contributed by atoms with Gasteiger partial charge in [0.05, 0.1) is 23.6 Å². The second kappa shape index (κ2) is 8.35. The molecule has 0 unspecified atom stereocenters. The van der Waals surface area contributed by atoms with Crippen LogP contribution in [-0.4, -0.2) is 47.0 Å². The minimum Gasteiger partial charge on any atom is -0.353 e. The van der Waals surface area contributed by atoms with E-state index in [0.717, 1.165) is 36.5 Å². The van der Waals surface area contributed by atoms with E-state index in [-0.39, 0.29) is 5.91 Å². The van der Waals surface area contributed by atoms with Crippen LogP contribution in [0.2, 0.25) is 0 Å². The third kappa shape index (κ3) is 4.12. The number of benzene rings is 1. The Bertz CT molecular complexity index is 942. The third-order valence-corrected chi connectivity index (χ3v) is 5.24. The Morgan fingerprint density at radius 3 is 2.25 bits per heavy atom. The summed E-state index contributed by atoms with van der Waals surface area (Å²) in [6.45, 7) is 3.36. The molecule has 3 aromatic rings. The first-order chi connectivity index (χ1) is 13.7. The summed E-state index contributed by atoms with van der Waals surface area (Å²) in [5, 5.41) is 2.83. The fourth-order valence-corrected chi connectivity index (χ4v) is 3.53. The van der Waals surface area contributed by atoms with E-state index in [1.54, 1.807) is 18.5 Å². The lowest BCUT2D eigenvalue weighted by Crippen LogP contribution is -2.47. The van der Waals surface area contributed by atoms with Gasteiger partial charge in [-0.15, -0.1) is 0 Å². The number of pyridine rings is 1. The molecule has 1 N–H and O–H groups in total. The number of amides is 1. The van der Waals surface area contributed by atoms with Crippen molar-refractivity contribution in [3.63, 3.8) is 0 Å². The molecule has 1 saturated heterocycles. The fourth-order valence-electron chi connectivity index (χ4n) is 3.07. The standard InChI is InChI=1S/C20H19BrN6O/c21-17-6-2-1-5-16(17)19(28)25-15-13-23-20(24-14-15)27-11-9-26(10-12-27)18-7-3-4-8-22-18/h1-8,13-14H,9-12H2,(H,25,28). The molecule has 8 heteroatoms. The van der Waals surface area contributed by atoms with Crippen LogP contribution < -0.4 is 15.1 Å². The van der Waals surface area contributed by atoms with Crippen molar-refractivity contribution in [2.24, 2.45) is 0 Å². The van der Waals surface area contributed by atoms with Gasteiger partial charge in [0.15, 0.2) is 0 Å². The molecule has 0 radical (unpaired) electrons. The minimum absolute atomic E-state index is 0.201. The van der Waals surface area contributed by atoms with E-state index in [0.29, 0.717) is 17.2 Å². The maximum absolute atomic E-state index is 12.4. The molecule has 28 heavy (non-hydrogen) atoms. The van der Waals surface area contributed by atoms with Crippen LogP contribution in [0.4, 0.5) is 17.5 Å². The second-order valence-electron chi connectivity index (χ2n) is 6.37. The summed E-state index contributed by atoms with van der Waals surface area (Å²) >= 11 is 3.39. The molecule has 0 saturated carbocycles. The number of halogens is 1. The zero-order valence-corrected chi connectivity index (χ0v) is 16.7. The molecule has 2 aromatic heterocycles. The van der Waals surface area contributed by atoms with Crippen LogP contribution in [0.3, 0.4) is 0 Å². The lowest BCUT2D eigenvalue weighted by Gasteiger charge is -2.35. The first-order valence-corrected chi connectivity index (χ1v) is 9.79. The van der Waals surface area contributed by atoms with Crippen molar-refractivity contribution in [1.82, 2.24) is 15.0 Å². The first kappa shape index (κ1) is 18.4. The molecular weight excluding hydrogens is 420 g/mol. The monoisotopic (exact) mass is 438 g/mol. The van der Waals surface area contributed by atoms with Crippen molar-refractivity contribution in [2.75, 3.05) is 41.3 Å². The molecule has 4 rings (SSSR count). The van der Waals surface area contributed by atoms with Crippen molar-refractivity contribution < 1.29 is 4.79 Å². The minimum atomic E-state index is -0.201. The average molecular weight is 439 g/mol. The van der Waals surface area contributed by atoms with Crippen LogP contribution in [0, 0.1) is 0 Å². The van der Waals surface area contributed by atoms with E-state index in [9.17, 15) is 4.79 Å². The zero-order valence-electron chi connectivity index (χ0n) is 15.1. The summed E-state index contributed by atoms with van der Waals surface area (Å²) in [4.78, 5) is 30.0. The van der Waals surface area contributed by atoms with E-state index < -0.39 is 0 Å². The van der Waals surface area contributed by atoms with Gasteiger partial charge in [0.2, 0.25) is 5.95 Å². The smallest absolute Gasteiger partial charge is 0.256 e. The van der Waals surface area contributed by atoms with Gasteiger partial charge in [-0.05, 0) is 40.2 Å². The largest absolute Gasteiger partial charge is 0.353 e. The number of hydrogen-bond acceptors (Lipinski definition) is 6. The molecule has 1 aromatic carbocycles. The van der Waals surface area contributed by atoms with Crippen molar-refractivity contribution >= 4 is 39.3 Å². The third-order valence-electron chi connectivity index (χ3n) is 4.55. The van der Waals surface area contributed by atoms with Gasteiger partial charge >= 0.3 is 0 Å².